The number of benzene rings is 2. The molecule has 0 saturated carbocycles. The quantitative estimate of drug-likeness (QED) is 0.720. The number of methoxy groups -OCH3 is 1. The van der Waals surface area contributed by atoms with Crippen molar-refractivity contribution >= 4 is 39.7 Å². The number of nitrogens with zero attached hydrogens (tertiary/aromatic N) is 2. The van der Waals surface area contributed by atoms with Gasteiger partial charge in [0, 0.05) is 13.1 Å². The molecule has 3 aromatic rings. The molecule has 2 aromatic carbocycles. The zero-order valence-corrected chi connectivity index (χ0v) is 13.4. The lowest BCUT2D eigenvalue weighted by atomic mass is 10.2. The summed E-state index contributed by atoms with van der Waals surface area (Å²) in [4.78, 5) is 4.35. The molecule has 0 atom stereocenters. The summed E-state index contributed by atoms with van der Waals surface area (Å²) in [5.41, 5.74) is 3.03. The van der Waals surface area contributed by atoms with Crippen molar-refractivity contribution in [1.82, 2.24) is 9.55 Å². The Morgan fingerprint density at radius 3 is 2.78 bits per heavy atom. The van der Waals surface area contributed by atoms with Gasteiger partial charge in [-0.15, -0.1) is 0 Å². The van der Waals surface area contributed by atoms with Crippen LogP contribution in [-0.4, -0.2) is 21.8 Å². The van der Waals surface area contributed by atoms with Gasteiger partial charge in [-0.25, -0.2) is 9.37 Å². The number of hydrogen-bond acceptors (Lipinski definition) is 3. The maximum absolute atomic E-state index is 13.4. The first-order valence-corrected chi connectivity index (χ1v) is 7.31. The van der Waals surface area contributed by atoms with E-state index in [9.17, 15) is 4.39 Å². The molecule has 1 aromatic heterocycles. The Bertz CT molecular complexity index is 878. The van der Waals surface area contributed by atoms with Crippen molar-refractivity contribution in [1.29, 1.82) is 0 Å². The molecule has 0 aliphatic carbocycles. The smallest absolute Gasteiger partial charge is 0.175 e. The average Bonchev–Trinajstić information content (AvgIpc) is 2.90. The topological polar surface area (TPSA) is 51.1 Å². The van der Waals surface area contributed by atoms with Crippen LogP contribution in [0.4, 0.5) is 15.8 Å². The van der Waals surface area contributed by atoms with Gasteiger partial charge in [-0.1, -0.05) is 6.07 Å². The van der Waals surface area contributed by atoms with E-state index in [0.717, 1.165) is 16.7 Å². The highest BCUT2D eigenvalue weighted by Crippen LogP contribution is 2.26. The molecule has 0 amide bonds. The maximum atomic E-state index is 13.4. The van der Waals surface area contributed by atoms with Gasteiger partial charge in [0.1, 0.15) is 17.1 Å². The molecule has 0 radical (unpaired) electrons. The van der Waals surface area contributed by atoms with Crippen molar-refractivity contribution in [3.8, 4) is 5.75 Å². The highest BCUT2D eigenvalue weighted by atomic mass is 32.1. The molecule has 0 bridgehead atoms. The van der Waals surface area contributed by atoms with E-state index in [2.05, 4.69) is 15.6 Å². The molecule has 0 unspecified atom stereocenters. The minimum atomic E-state index is -0.372. The number of ether oxygens (including phenoxy) is 1. The third kappa shape index (κ3) is 3.09. The van der Waals surface area contributed by atoms with E-state index < -0.39 is 0 Å². The highest BCUT2D eigenvalue weighted by Gasteiger charge is 2.09. The van der Waals surface area contributed by atoms with Crippen molar-refractivity contribution in [2.24, 2.45) is 7.05 Å². The number of anilines is 2. The SMILES string of the molecule is COc1ccc(F)cc1NC(=S)Nc1cccc2c1ncn2C. The van der Waals surface area contributed by atoms with Crippen molar-refractivity contribution in [3.05, 3.63) is 48.5 Å². The Kier molecular flexibility index (Phi) is 4.12. The number of imidazole rings is 1. The number of para-hydroxylation sites is 1. The lowest BCUT2D eigenvalue weighted by Crippen LogP contribution is -2.19. The van der Waals surface area contributed by atoms with Crippen LogP contribution in [0.2, 0.25) is 0 Å². The number of nitrogens with one attached hydrogen (secondary N) is 2. The number of fused-ring (bicyclic) bond motifs is 1. The summed E-state index contributed by atoms with van der Waals surface area (Å²) in [6.45, 7) is 0. The maximum Gasteiger partial charge on any atom is 0.175 e. The normalized spacial score (nSPS) is 10.6. The van der Waals surface area contributed by atoms with Crippen LogP contribution in [0.25, 0.3) is 11.0 Å². The Hall–Kier alpha value is -2.67. The summed E-state index contributed by atoms with van der Waals surface area (Å²) in [6, 6.07) is 9.96. The summed E-state index contributed by atoms with van der Waals surface area (Å²) >= 11 is 5.30. The molecule has 2 N–H and O–H groups in total. The van der Waals surface area contributed by atoms with E-state index in [-0.39, 0.29) is 5.82 Å². The molecule has 3 rings (SSSR count). The van der Waals surface area contributed by atoms with E-state index in [4.69, 9.17) is 17.0 Å². The fourth-order valence-electron chi connectivity index (χ4n) is 2.31. The van der Waals surface area contributed by atoms with E-state index >= 15 is 0 Å². The lowest BCUT2D eigenvalue weighted by molar-refractivity contribution is 0.416. The van der Waals surface area contributed by atoms with Crippen LogP contribution in [0.15, 0.2) is 42.7 Å². The number of aryl methyl sites for hydroxylation is 1. The monoisotopic (exact) mass is 330 g/mol. The molecule has 23 heavy (non-hydrogen) atoms. The van der Waals surface area contributed by atoms with Gasteiger partial charge in [0.2, 0.25) is 0 Å². The van der Waals surface area contributed by atoms with Crippen molar-refractivity contribution in [3.63, 3.8) is 0 Å². The second-order valence-corrected chi connectivity index (χ2v) is 5.36. The first-order valence-electron chi connectivity index (χ1n) is 6.90. The molecular formula is C16H15FN4OS. The molecule has 118 valence electrons. The Morgan fingerprint density at radius 1 is 1.22 bits per heavy atom. The molecule has 1 heterocycles. The second-order valence-electron chi connectivity index (χ2n) is 4.95. The Balaban J connectivity index is 1.83. The molecule has 0 fully saturated rings. The molecular weight excluding hydrogens is 315 g/mol. The lowest BCUT2D eigenvalue weighted by Gasteiger charge is -2.13. The van der Waals surface area contributed by atoms with Crippen LogP contribution in [0.1, 0.15) is 0 Å². The van der Waals surface area contributed by atoms with Crippen molar-refractivity contribution in [2.75, 3.05) is 17.7 Å². The minimum absolute atomic E-state index is 0.326. The predicted octanol–water partition coefficient (Wildman–Crippen LogP) is 3.53. The summed E-state index contributed by atoms with van der Waals surface area (Å²) < 4.78 is 20.5. The molecule has 0 spiro atoms. The summed E-state index contributed by atoms with van der Waals surface area (Å²) in [6.07, 6.45) is 1.74. The van der Waals surface area contributed by atoms with Crippen LogP contribution in [0.5, 0.6) is 5.75 Å². The van der Waals surface area contributed by atoms with Crippen molar-refractivity contribution < 1.29 is 9.13 Å². The summed E-state index contributed by atoms with van der Waals surface area (Å²) in [5.74, 6) is 0.134. The number of thiocarbonyl (C=S) groups is 1. The van der Waals surface area contributed by atoms with Crippen LogP contribution in [0.3, 0.4) is 0 Å². The third-order valence-corrected chi connectivity index (χ3v) is 3.62. The molecule has 0 aliphatic heterocycles. The van der Waals surface area contributed by atoms with E-state index in [1.54, 1.807) is 12.4 Å². The van der Waals surface area contributed by atoms with Gasteiger partial charge in [0.15, 0.2) is 5.11 Å². The van der Waals surface area contributed by atoms with Gasteiger partial charge in [-0.3, -0.25) is 0 Å². The molecule has 5 nitrogen and oxygen atoms in total. The first-order chi connectivity index (χ1) is 11.1. The molecule has 0 saturated heterocycles. The fraction of sp³-hybridized carbons (Fsp3) is 0.125. The number of aromatic nitrogens is 2. The summed E-state index contributed by atoms with van der Waals surface area (Å²) in [7, 11) is 3.44. The van der Waals surface area contributed by atoms with Gasteiger partial charge in [0.25, 0.3) is 0 Å². The van der Waals surface area contributed by atoms with Gasteiger partial charge < -0.3 is 19.9 Å². The average molecular weight is 330 g/mol. The molecule has 7 heteroatoms. The van der Waals surface area contributed by atoms with Crippen LogP contribution < -0.4 is 15.4 Å². The molecule has 0 aliphatic rings. The van der Waals surface area contributed by atoms with E-state index in [1.165, 1.54) is 19.2 Å². The largest absolute Gasteiger partial charge is 0.495 e. The predicted molar refractivity (Wildman–Crippen MR) is 93.5 cm³/mol. The number of rotatable bonds is 3. The number of halogens is 1. The second kappa shape index (κ2) is 6.21. The zero-order chi connectivity index (χ0) is 16.4. The summed E-state index contributed by atoms with van der Waals surface area (Å²) in [5, 5.41) is 6.35. The van der Waals surface area contributed by atoms with E-state index in [1.807, 2.05) is 29.8 Å². The standard InChI is InChI=1S/C16H15FN4OS/c1-21-9-18-15-11(4-3-5-13(15)21)19-16(23)20-12-8-10(17)6-7-14(12)22-2/h3-9H,1-2H3,(H2,19,20,23). The minimum Gasteiger partial charge on any atom is -0.495 e. The van der Waals surface area contributed by atoms with Gasteiger partial charge >= 0.3 is 0 Å². The third-order valence-electron chi connectivity index (χ3n) is 3.41. The Labute approximate surface area is 138 Å². The highest BCUT2D eigenvalue weighted by molar-refractivity contribution is 7.80. The van der Waals surface area contributed by atoms with Crippen molar-refractivity contribution in [2.45, 2.75) is 0 Å². The van der Waals surface area contributed by atoms with Crippen LogP contribution >= 0.6 is 12.2 Å². The van der Waals surface area contributed by atoms with Gasteiger partial charge in [-0.2, -0.15) is 0 Å². The van der Waals surface area contributed by atoms with Gasteiger partial charge in [-0.05, 0) is 36.5 Å². The van der Waals surface area contributed by atoms with Gasteiger partial charge in [0.05, 0.1) is 30.3 Å². The first kappa shape index (κ1) is 15.2. The fourth-order valence-corrected chi connectivity index (χ4v) is 2.53. The van der Waals surface area contributed by atoms with Crippen LogP contribution in [0, 0.1) is 5.82 Å². The number of hydrogen-bond donors (Lipinski definition) is 2. The van der Waals surface area contributed by atoms with Crippen LogP contribution in [-0.2, 0) is 7.05 Å². The van der Waals surface area contributed by atoms with E-state index in [0.29, 0.717) is 16.5 Å². The Morgan fingerprint density at radius 2 is 2.00 bits per heavy atom. The zero-order valence-electron chi connectivity index (χ0n) is 12.6.